The summed E-state index contributed by atoms with van der Waals surface area (Å²) in [5.74, 6) is 0.0334. The molecule has 170 valence electrons. The maximum absolute atomic E-state index is 13.4. The number of nitrogens with zero attached hydrogens (tertiary/aromatic N) is 2. The number of carbonyl (C=O) groups excluding carboxylic acids is 2. The van der Waals surface area contributed by atoms with Gasteiger partial charge in [0.25, 0.3) is 5.91 Å². The molecule has 33 heavy (non-hydrogen) atoms. The second-order valence-electron chi connectivity index (χ2n) is 8.65. The first-order valence-corrected chi connectivity index (χ1v) is 11.4. The molecule has 2 amide bonds. The third kappa shape index (κ3) is 4.90. The largest absolute Gasteiger partial charge is 0.383 e. The lowest BCUT2D eigenvalue weighted by atomic mass is 9.73. The van der Waals surface area contributed by atoms with Crippen molar-refractivity contribution >= 4 is 17.6 Å². The molecular weight excluding hydrogens is 412 g/mol. The first kappa shape index (κ1) is 22.5. The van der Waals surface area contributed by atoms with Gasteiger partial charge in [0.15, 0.2) is 0 Å². The summed E-state index contributed by atoms with van der Waals surface area (Å²) in [7, 11) is 0. The smallest absolute Gasteiger partial charge is 0.257 e. The molecule has 6 nitrogen and oxygen atoms in total. The fraction of sp³-hybridized carbons (Fsp3) is 0.296. The van der Waals surface area contributed by atoms with Crippen molar-refractivity contribution in [3.05, 3.63) is 84.1 Å². The van der Waals surface area contributed by atoms with Crippen molar-refractivity contribution in [1.82, 2.24) is 15.2 Å². The van der Waals surface area contributed by atoms with E-state index in [1.54, 1.807) is 23.2 Å². The minimum atomic E-state index is -0.698. The zero-order valence-corrected chi connectivity index (χ0v) is 19.0. The van der Waals surface area contributed by atoms with Crippen molar-refractivity contribution in [3.63, 3.8) is 0 Å². The summed E-state index contributed by atoms with van der Waals surface area (Å²) in [5.41, 5.74) is 8.98. The summed E-state index contributed by atoms with van der Waals surface area (Å²) in [6.07, 6.45) is 3.61. The van der Waals surface area contributed by atoms with Crippen molar-refractivity contribution in [3.8, 4) is 11.1 Å². The molecule has 1 aliphatic heterocycles. The molecule has 3 aromatic rings. The Morgan fingerprint density at radius 1 is 1.06 bits per heavy atom. The lowest BCUT2D eigenvalue weighted by molar-refractivity contribution is -0.133. The van der Waals surface area contributed by atoms with Gasteiger partial charge in [-0.25, -0.2) is 4.98 Å². The van der Waals surface area contributed by atoms with Crippen LogP contribution in [0.4, 0.5) is 5.82 Å². The number of benzene rings is 2. The van der Waals surface area contributed by atoms with Crippen molar-refractivity contribution in [2.45, 2.75) is 26.2 Å². The average molecular weight is 443 g/mol. The topological polar surface area (TPSA) is 88.3 Å². The Hall–Kier alpha value is -3.67. The summed E-state index contributed by atoms with van der Waals surface area (Å²) < 4.78 is 0. The number of hydrogen-bond acceptors (Lipinski definition) is 4. The number of aromatic nitrogens is 1. The molecule has 0 spiro atoms. The number of piperidine rings is 1. The molecule has 2 aromatic carbocycles. The van der Waals surface area contributed by atoms with Gasteiger partial charge in [0.2, 0.25) is 5.91 Å². The van der Waals surface area contributed by atoms with Crippen molar-refractivity contribution in [1.29, 1.82) is 0 Å². The van der Waals surface area contributed by atoms with Gasteiger partial charge >= 0.3 is 0 Å². The summed E-state index contributed by atoms with van der Waals surface area (Å²) in [5, 5.41) is 3.02. The van der Waals surface area contributed by atoms with Gasteiger partial charge in [0, 0.05) is 25.8 Å². The molecule has 6 heteroatoms. The molecule has 1 aromatic heterocycles. The number of carbonyl (C=O) groups is 2. The number of pyridine rings is 1. The number of nitrogen functional groups attached to an aromatic ring is 1. The molecule has 1 saturated heterocycles. The normalized spacial score (nSPS) is 18.0. The lowest BCUT2D eigenvalue weighted by Crippen LogP contribution is -2.54. The Morgan fingerprint density at radius 3 is 2.61 bits per heavy atom. The lowest BCUT2D eigenvalue weighted by Gasteiger charge is -2.42. The molecule has 3 N–H and O–H groups in total. The third-order valence-corrected chi connectivity index (χ3v) is 6.33. The van der Waals surface area contributed by atoms with E-state index in [0.717, 1.165) is 29.5 Å². The monoisotopic (exact) mass is 442 g/mol. The number of hydrogen-bond donors (Lipinski definition) is 2. The van der Waals surface area contributed by atoms with Crippen molar-refractivity contribution < 1.29 is 9.59 Å². The Bertz CT molecular complexity index is 1130. The molecule has 0 bridgehead atoms. The van der Waals surface area contributed by atoms with Gasteiger partial charge in [-0.05, 0) is 55.0 Å². The van der Waals surface area contributed by atoms with E-state index in [4.69, 9.17) is 5.73 Å². The van der Waals surface area contributed by atoms with E-state index in [0.29, 0.717) is 31.6 Å². The number of nitrogens with two attached hydrogens (primary N) is 1. The number of nitrogens with one attached hydrogen (secondary N) is 1. The highest BCUT2D eigenvalue weighted by molar-refractivity contribution is 5.98. The van der Waals surface area contributed by atoms with Crippen LogP contribution in [0.5, 0.6) is 0 Å². The molecule has 1 aliphatic rings. The van der Waals surface area contributed by atoms with Gasteiger partial charge in [0.05, 0.1) is 11.0 Å². The molecule has 1 atom stereocenters. The average Bonchev–Trinajstić information content (AvgIpc) is 2.85. The molecular formula is C27H30N4O2. The van der Waals surface area contributed by atoms with Crippen molar-refractivity contribution in [2.24, 2.45) is 5.41 Å². The van der Waals surface area contributed by atoms with Crippen LogP contribution in [-0.2, 0) is 11.2 Å². The van der Waals surface area contributed by atoms with Crippen LogP contribution in [0.25, 0.3) is 11.1 Å². The zero-order chi connectivity index (χ0) is 23.3. The fourth-order valence-corrected chi connectivity index (χ4v) is 4.71. The second kappa shape index (κ2) is 9.86. The molecule has 1 fully saturated rings. The Balaban J connectivity index is 1.64. The highest BCUT2D eigenvalue weighted by Crippen LogP contribution is 2.36. The van der Waals surface area contributed by atoms with Gasteiger partial charge in [-0.2, -0.15) is 0 Å². The highest BCUT2D eigenvalue weighted by Gasteiger charge is 2.43. The van der Waals surface area contributed by atoms with E-state index >= 15 is 0 Å². The highest BCUT2D eigenvalue weighted by atomic mass is 16.2. The van der Waals surface area contributed by atoms with Crippen molar-refractivity contribution in [2.75, 3.05) is 25.4 Å². The summed E-state index contributed by atoms with van der Waals surface area (Å²) in [6, 6.07) is 21.9. The molecule has 0 unspecified atom stereocenters. The first-order valence-electron chi connectivity index (χ1n) is 11.4. The third-order valence-electron chi connectivity index (χ3n) is 6.33. The standard InChI is InChI=1S/C27H30N4O2/c1-2-29-26(33)27(18-20-9-6-12-22(17-20)21-10-4-3-5-11-21)14-8-16-31(19-27)25(32)23-13-7-15-30-24(23)28/h3-7,9-13,15,17H,2,8,14,16,18-19H2,1H3,(H2,28,30)(H,29,33)/t27-/m1/s1. The SMILES string of the molecule is CCNC(=O)[C@@]1(Cc2cccc(-c3ccccc3)c2)CCCN(C(=O)c2cccnc2N)C1. The predicted octanol–water partition coefficient (Wildman–Crippen LogP) is 3.93. The van der Waals surface area contributed by atoms with E-state index in [1.165, 1.54) is 0 Å². The van der Waals surface area contributed by atoms with Gasteiger partial charge < -0.3 is 16.0 Å². The van der Waals surface area contributed by atoms with Gasteiger partial charge in [-0.3, -0.25) is 9.59 Å². The number of anilines is 1. The van der Waals surface area contributed by atoms with Crippen LogP contribution >= 0.6 is 0 Å². The Labute approximate surface area is 194 Å². The Morgan fingerprint density at radius 2 is 1.85 bits per heavy atom. The minimum absolute atomic E-state index is 0.00762. The predicted molar refractivity (Wildman–Crippen MR) is 130 cm³/mol. The fourth-order valence-electron chi connectivity index (χ4n) is 4.71. The maximum atomic E-state index is 13.4. The zero-order valence-electron chi connectivity index (χ0n) is 19.0. The van der Waals surface area contributed by atoms with E-state index in [9.17, 15) is 9.59 Å². The quantitative estimate of drug-likeness (QED) is 0.605. The Kier molecular flexibility index (Phi) is 6.73. The van der Waals surface area contributed by atoms with Crippen LogP contribution in [0.3, 0.4) is 0 Å². The van der Waals surface area contributed by atoms with E-state index in [2.05, 4.69) is 40.6 Å². The number of rotatable bonds is 6. The van der Waals surface area contributed by atoms with E-state index < -0.39 is 5.41 Å². The molecule has 4 rings (SSSR count). The second-order valence-corrected chi connectivity index (χ2v) is 8.65. The molecule has 0 saturated carbocycles. The summed E-state index contributed by atoms with van der Waals surface area (Å²) >= 11 is 0. The number of amides is 2. The van der Waals surface area contributed by atoms with Crippen LogP contribution in [0, 0.1) is 5.41 Å². The van der Waals surface area contributed by atoms with E-state index in [1.807, 2.05) is 31.2 Å². The summed E-state index contributed by atoms with van der Waals surface area (Å²) in [4.78, 5) is 32.4. The summed E-state index contributed by atoms with van der Waals surface area (Å²) in [6.45, 7) is 3.41. The van der Waals surface area contributed by atoms with Crippen LogP contribution in [0.2, 0.25) is 0 Å². The molecule has 2 heterocycles. The first-order chi connectivity index (χ1) is 16.0. The van der Waals surface area contributed by atoms with Gasteiger partial charge in [0.1, 0.15) is 5.82 Å². The van der Waals surface area contributed by atoms with Crippen LogP contribution in [0.15, 0.2) is 72.9 Å². The van der Waals surface area contributed by atoms with Gasteiger partial charge in [-0.1, -0.05) is 54.6 Å². The van der Waals surface area contributed by atoms with Crippen LogP contribution in [-0.4, -0.2) is 41.3 Å². The number of likely N-dealkylation sites (tertiary alicyclic amines) is 1. The van der Waals surface area contributed by atoms with Gasteiger partial charge in [-0.15, -0.1) is 0 Å². The molecule has 0 aliphatic carbocycles. The van der Waals surface area contributed by atoms with E-state index in [-0.39, 0.29) is 17.6 Å². The minimum Gasteiger partial charge on any atom is -0.383 e. The maximum Gasteiger partial charge on any atom is 0.257 e. The molecule has 0 radical (unpaired) electrons. The van der Waals surface area contributed by atoms with Crippen LogP contribution in [0.1, 0.15) is 35.7 Å². The van der Waals surface area contributed by atoms with Crippen LogP contribution < -0.4 is 11.1 Å².